The fraction of sp³-hybridized carbons (Fsp3) is 0.176. The van der Waals surface area contributed by atoms with Crippen molar-refractivity contribution in [3.8, 4) is 0 Å². The lowest BCUT2D eigenvalue weighted by molar-refractivity contribution is 0.0970. The van der Waals surface area contributed by atoms with Crippen LogP contribution in [0.5, 0.6) is 0 Å². The Morgan fingerprint density at radius 2 is 2.04 bits per heavy atom. The zero-order valence-electron chi connectivity index (χ0n) is 12.7. The first kappa shape index (κ1) is 14.8. The molecule has 0 unspecified atom stereocenters. The van der Waals surface area contributed by atoms with Gasteiger partial charge in [-0.25, -0.2) is 4.98 Å². The average molecular weight is 338 g/mol. The maximum absolute atomic E-state index is 12.5. The van der Waals surface area contributed by atoms with Gasteiger partial charge in [0, 0.05) is 35.5 Å². The molecule has 7 heteroatoms. The molecule has 3 N–H and O–H groups in total. The number of hydrogen-bond acceptors (Lipinski definition) is 6. The van der Waals surface area contributed by atoms with Crippen LogP contribution in [0.2, 0.25) is 0 Å². The van der Waals surface area contributed by atoms with Crippen LogP contribution in [-0.2, 0) is 6.42 Å². The van der Waals surface area contributed by atoms with Gasteiger partial charge in [-0.2, -0.15) is 0 Å². The lowest BCUT2D eigenvalue weighted by atomic mass is 9.94. The van der Waals surface area contributed by atoms with Gasteiger partial charge in [0.15, 0.2) is 5.78 Å². The van der Waals surface area contributed by atoms with Crippen molar-refractivity contribution in [1.29, 1.82) is 0 Å². The van der Waals surface area contributed by atoms with E-state index in [1.54, 1.807) is 30.6 Å². The number of carbonyl (C=O) groups excluding carboxylic acids is 2. The number of nitrogens with zero attached hydrogens (tertiary/aromatic N) is 2. The summed E-state index contributed by atoms with van der Waals surface area (Å²) in [5.74, 6) is -0.190. The molecule has 6 nitrogen and oxygen atoms in total. The molecule has 120 valence electrons. The van der Waals surface area contributed by atoms with Gasteiger partial charge in [-0.15, -0.1) is 11.3 Å². The molecule has 0 fully saturated rings. The highest BCUT2D eigenvalue weighted by Gasteiger charge is 2.23. The van der Waals surface area contributed by atoms with E-state index in [1.807, 2.05) is 0 Å². The van der Waals surface area contributed by atoms with Crippen molar-refractivity contribution in [2.45, 2.75) is 19.3 Å². The summed E-state index contributed by atoms with van der Waals surface area (Å²) in [6.07, 6.45) is 5.35. The van der Waals surface area contributed by atoms with E-state index in [2.05, 4.69) is 15.3 Å². The predicted octanol–water partition coefficient (Wildman–Crippen LogP) is 3.04. The van der Waals surface area contributed by atoms with Gasteiger partial charge in [0.05, 0.1) is 11.4 Å². The zero-order chi connectivity index (χ0) is 16.7. The number of aryl methyl sites for hydroxylation is 1. The Morgan fingerprint density at radius 3 is 2.83 bits per heavy atom. The number of fused-ring (bicyclic) bond motifs is 2. The lowest BCUT2D eigenvalue weighted by Gasteiger charge is -2.13. The minimum absolute atomic E-state index is 0.0963. The summed E-state index contributed by atoms with van der Waals surface area (Å²) in [6, 6.07) is 5.20. The van der Waals surface area contributed by atoms with Gasteiger partial charge in [-0.05, 0) is 31.0 Å². The van der Waals surface area contributed by atoms with Crippen LogP contribution in [0.15, 0.2) is 30.6 Å². The van der Waals surface area contributed by atoms with Crippen LogP contribution in [0.1, 0.15) is 38.6 Å². The molecule has 0 bridgehead atoms. The van der Waals surface area contributed by atoms with E-state index < -0.39 is 0 Å². The second kappa shape index (κ2) is 5.68. The molecule has 3 aromatic rings. The number of ketones is 1. The molecule has 1 aliphatic carbocycles. The monoisotopic (exact) mass is 338 g/mol. The zero-order valence-corrected chi connectivity index (χ0v) is 13.5. The van der Waals surface area contributed by atoms with Crippen LogP contribution in [0.3, 0.4) is 0 Å². The van der Waals surface area contributed by atoms with Crippen LogP contribution in [0.4, 0.5) is 11.4 Å². The summed E-state index contributed by atoms with van der Waals surface area (Å²) in [5, 5.41) is 3.47. The first-order valence-corrected chi connectivity index (χ1v) is 8.41. The highest BCUT2D eigenvalue weighted by atomic mass is 32.1. The topological polar surface area (TPSA) is 98.0 Å². The number of Topliss-reactive ketones (excluding diaryl/α,β-unsaturated/α-hetero) is 1. The number of rotatable bonds is 2. The van der Waals surface area contributed by atoms with Gasteiger partial charge in [-0.3, -0.25) is 14.6 Å². The standard InChI is InChI=1S/C17H14N4O2S/c18-14-11-8-10-12(2-1-3-13(10)22)21-17(11)24-15(14)16(23)20-9-4-6-19-7-5-9/h4-8H,1-3,18H2,(H,19,20,23). The SMILES string of the molecule is Nc1c(C(=O)Nc2ccncc2)sc2nc3c(cc12)C(=O)CCC3. The van der Waals surface area contributed by atoms with Gasteiger partial charge in [-0.1, -0.05) is 0 Å². The average Bonchev–Trinajstić information content (AvgIpc) is 2.91. The number of anilines is 2. The van der Waals surface area contributed by atoms with E-state index in [0.29, 0.717) is 38.5 Å². The third-order valence-corrected chi connectivity index (χ3v) is 5.18. The number of nitrogens with two attached hydrogens (primary N) is 1. The molecule has 0 saturated heterocycles. The summed E-state index contributed by atoms with van der Waals surface area (Å²) in [7, 11) is 0. The molecule has 3 heterocycles. The Hall–Kier alpha value is -2.80. The van der Waals surface area contributed by atoms with Gasteiger partial charge < -0.3 is 11.1 Å². The minimum Gasteiger partial charge on any atom is -0.397 e. The van der Waals surface area contributed by atoms with Crippen LogP contribution in [-0.4, -0.2) is 21.7 Å². The van der Waals surface area contributed by atoms with Gasteiger partial charge >= 0.3 is 0 Å². The lowest BCUT2D eigenvalue weighted by Crippen LogP contribution is -2.12. The number of hydrogen-bond donors (Lipinski definition) is 2. The minimum atomic E-state index is -0.286. The molecule has 4 rings (SSSR count). The van der Waals surface area contributed by atoms with Crippen molar-refractivity contribution < 1.29 is 9.59 Å². The van der Waals surface area contributed by atoms with Gasteiger partial charge in [0.2, 0.25) is 0 Å². The molecule has 3 aromatic heterocycles. The van der Waals surface area contributed by atoms with E-state index in [1.165, 1.54) is 11.3 Å². The van der Waals surface area contributed by atoms with Crippen LogP contribution >= 0.6 is 11.3 Å². The number of carbonyl (C=O) groups is 2. The number of pyridine rings is 2. The molecule has 0 spiro atoms. The summed E-state index contributed by atoms with van der Waals surface area (Å²) in [6.45, 7) is 0. The molecule has 1 aliphatic rings. The maximum atomic E-state index is 12.5. The normalized spacial score (nSPS) is 13.8. The fourth-order valence-corrected chi connectivity index (χ4v) is 3.84. The summed E-state index contributed by atoms with van der Waals surface area (Å²) >= 11 is 1.25. The number of amides is 1. The molecule has 1 amide bonds. The van der Waals surface area contributed by atoms with Gasteiger partial charge in [0.25, 0.3) is 5.91 Å². The van der Waals surface area contributed by atoms with Crippen molar-refractivity contribution >= 4 is 44.6 Å². The molecule has 24 heavy (non-hydrogen) atoms. The van der Waals surface area contributed by atoms with Crippen molar-refractivity contribution in [2.75, 3.05) is 11.1 Å². The van der Waals surface area contributed by atoms with Crippen molar-refractivity contribution in [3.63, 3.8) is 0 Å². The molecular formula is C17H14N4O2S. The summed E-state index contributed by atoms with van der Waals surface area (Å²) in [5.41, 5.74) is 8.62. The van der Waals surface area contributed by atoms with Crippen molar-refractivity contribution in [3.05, 3.63) is 46.7 Å². The quantitative estimate of drug-likeness (QED) is 0.748. The molecular weight excluding hydrogens is 324 g/mol. The fourth-order valence-electron chi connectivity index (χ4n) is 2.85. The first-order chi connectivity index (χ1) is 11.6. The molecule has 0 aliphatic heterocycles. The predicted molar refractivity (Wildman–Crippen MR) is 93.5 cm³/mol. The second-order valence-electron chi connectivity index (χ2n) is 5.65. The highest BCUT2D eigenvalue weighted by molar-refractivity contribution is 7.21. The largest absolute Gasteiger partial charge is 0.397 e. The summed E-state index contributed by atoms with van der Waals surface area (Å²) in [4.78, 5) is 34.1. The van der Waals surface area contributed by atoms with Crippen LogP contribution in [0.25, 0.3) is 10.2 Å². The van der Waals surface area contributed by atoms with Crippen LogP contribution < -0.4 is 11.1 Å². The number of nitrogen functional groups attached to an aromatic ring is 1. The third-order valence-electron chi connectivity index (χ3n) is 4.06. The number of nitrogens with one attached hydrogen (secondary N) is 1. The molecule has 0 atom stereocenters. The van der Waals surface area contributed by atoms with Crippen molar-refractivity contribution in [1.82, 2.24) is 9.97 Å². The molecule has 0 radical (unpaired) electrons. The Kier molecular flexibility index (Phi) is 3.50. The number of aromatic nitrogens is 2. The smallest absolute Gasteiger partial charge is 0.267 e. The highest BCUT2D eigenvalue weighted by Crippen LogP contribution is 2.35. The van der Waals surface area contributed by atoms with E-state index in [0.717, 1.165) is 18.5 Å². The Bertz CT molecular complexity index is 966. The first-order valence-electron chi connectivity index (χ1n) is 7.60. The van der Waals surface area contributed by atoms with Gasteiger partial charge in [0.1, 0.15) is 9.71 Å². The Balaban J connectivity index is 1.75. The van der Waals surface area contributed by atoms with Crippen LogP contribution in [0, 0.1) is 0 Å². The van der Waals surface area contributed by atoms with E-state index in [4.69, 9.17) is 5.73 Å². The molecule has 0 saturated carbocycles. The summed E-state index contributed by atoms with van der Waals surface area (Å²) < 4.78 is 0. The maximum Gasteiger partial charge on any atom is 0.267 e. The number of thiophene rings is 1. The second-order valence-corrected chi connectivity index (χ2v) is 6.65. The van der Waals surface area contributed by atoms with E-state index in [9.17, 15) is 9.59 Å². The Morgan fingerprint density at radius 1 is 1.25 bits per heavy atom. The van der Waals surface area contributed by atoms with E-state index in [-0.39, 0.29) is 11.7 Å². The van der Waals surface area contributed by atoms with Crippen molar-refractivity contribution in [2.24, 2.45) is 0 Å². The third kappa shape index (κ3) is 2.43. The molecule has 0 aromatic carbocycles. The van der Waals surface area contributed by atoms with E-state index >= 15 is 0 Å². The Labute approximate surface area is 141 Å².